The molecule has 7 nitrogen and oxygen atoms in total. The van der Waals surface area contributed by atoms with Crippen LogP contribution in [0.4, 0.5) is 0 Å². The fourth-order valence-corrected chi connectivity index (χ4v) is 3.93. The maximum Gasteiger partial charge on any atom is 0.244 e. The predicted octanol–water partition coefficient (Wildman–Crippen LogP) is 2.43. The predicted molar refractivity (Wildman–Crippen MR) is 110 cm³/mol. The number of ether oxygens (including phenoxy) is 2. The second-order valence-corrected chi connectivity index (χ2v) is 8.90. The summed E-state index contributed by atoms with van der Waals surface area (Å²) < 4.78 is 35.8. The molecule has 1 atom stereocenters. The van der Waals surface area contributed by atoms with E-state index in [-0.39, 0.29) is 11.9 Å². The van der Waals surface area contributed by atoms with Gasteiger partial charge in [-0.25, -0.2) is 12.7 Å². The van der Waals surface area contributed by atoms with E-state index >= 15 is 0 Å². The highest BCUT2D eigenvalue weighted by atomic mass is 32.2. The monoisotopic (exact) mass is 410 g/mol. The number of carbonyl (C=O) groups is 1. The number of unbranched alkanes of at least 4 members (excludes halogenated alkanes) is 1. The van der Waals surface area contributed by atoms with E-state index in [1.54, 1.807) is 13.2 Å². The third-order valence-electron chi connectivity index (χ3n) is 4.57. The summed E-state index contributed by atoms with van der Waals surface area (Å²) in [6.45, 7) is 3.56. The maximum atomic E-state index is 12.2. The van der Waals surface area contributed by atoms with Gasteiger partial charge in [0, 0.05) is 25.2 Å². The lowest BCUT2D eigenvalue weighted by Gasteiger charge is -2.31. The smallest absolute Gasteiger partial charge is 0.244 e. The quantitative estimate of drug-likeness (QED) is 0.499. The summed E-state index contributed by atoms with van der Waals surface area (Å²) in [6, 6.07) is 5.33. The summed E-state index contributed by atoms with van der Waals surface area (Å²) in [5.74, 6) is 1.05. The number of rotatable bonds is 9. The second-order valence-electron chi connectivity index (χ2n) is 6.91. The van der Waals surface area contributed by atoms with Crippen LogP contribution in [0.5, 0.6) is 11.5 Å². The summed E-state index contributed by atoms with van der Waals surface area (Å²) in [5, 5.41) is 2.88. The van der Waals surface area contributed by atoms with Crippen molar-refractivity contribution >= 4 is 22.0 Å². The van der Waals surface area contributed by atoms with Crippen LogP contribution in [-0.2, 0) is 14.8 Å². The summed E-state index contributed by atoms with van der Waals surface area (Å²) in [4.78, 5) is 12.2. The molecule has 1 aromatic rings. The summed E-state index contributed by atoms with van der Waals surface area (Å²) >= 11 is 0. The van der Waals surface area contributed by atoms with Gasteiger partial charge in [-0.05, 0) is 43.0 Å². The normalized spacial score (nSPS) is 18.2. The van der Waals surface area contributed by atoms with Gasteiger partial charge >= 0.3 is 0 Å². The second kappa shape index (κ2) is 10.5. The van der Waals surface area contributed by atoms with Gasteiger partial charge in [0.1, 0.15) is 0 Å². The van der Waals surface area contributed by atoms with Crippen molar-refractivity contribution in [1.29, 1.82) is 0 Å². The van der Waals surface area contributed by atoms with Gasteiger partial charge in [-0.1, -0.05) is 19.4 Å². The van der Waals surface area contributed by atoms with E-state index in [9.17, 15) is 13.2 Å². The zero-order chi connectivity index (χ0) is 20.6. The molecular formula is C20H30N2O5S. The Hall–Kier alpha value is -2.06. The number of hydrogen-bond donors (Lipinski definition) is 1. The van der Waals surface area contributed by atoms with Crippen molar-refractivity contribution < 1.29 is 22.7 Å². The topological polar surface area (TPSA) is 84.9 Å². The Morgan fingerprint density at radius 1 is 1.36 bits per heavy atom. The molecule has 1 saturated heterocycles. The van der Waals surface area contributed by atoms with Crippen molar-refractivity contribution in [2.24, 2.45) is 0 Å². The van der Waals surface area contributed by atoms with Gasteiger partial charge in [-0.3, -0.25) is 4.79 Å². The van der Waals surface area contributed by atoms with Gasteiger partial charge in [0.2, 0.25) is 15.9 Å². The number of nitrogens with one attached hydrogen (secondary N) is 1. The summed E-state index contributed by atoms with van der Waals surface area (Å²) in [5.41, 5.74) is 0.816. The van der Waals surface area contributed by atoms with Gasteiger partial charge in [-0.2, -0.15) is 0 Å². The van der Waals surface area contributed by atoms with E-state index in [0.717, 1.165) is 31.2 Å². The highest BCUT2D eigenvalue weighted by Gasteiger charge is 2.26. The molecule has 1 aromatic carbocycles. The summed E-state index contributed by atoms with van der Waals surface area (Å²) in [6.07, 6.45) is 7.88. The molecule has 2 rings (SSSR count). The van der Waals surface area contributed by atoms with E-state index in [1.807, 2.05) is 18.2 Å². The zero-order valence-corrected chi connectivity index (χ0v) is 17.6. The Bertz CT molecular complexity index is 792. The lowest BCUT2D eigenvalue weighted by Crippen LogP contribution is -2.48. The number of methoxy groups -OCH3 is 1. The van der Waals surface area contributed by atoms with Crippen molar-refractivity contribution in [3.8, 4) is 11.5 Å². The molecule has 1 aliphatic heterocycles. The van der Waals surface area contributed by atoms with Gasteiger partial charge in [0.25, 0.3) is 0 Å². The minimum absolute atomic E-state index is 0.176. The van der Waals surface area contributed by atoms with Crippen LogP contribution in [-0.4, -0.2) is 57.7 Å². The molecule has 1 heterocycles. The molecule has 1 fully saturated rings. The fraction of sp³-hybridized carbons (Fsp3) is 0.550. The largest absolute Gasteiger partial charge is 0.493 e. The third kappa shape index (κ3) is 6.83. The minimum atomic E-state index is -3.23. The fourth-order valence-electron chi connectivity index (χ4n) is 3.02. The Kier molecular flexibility index (Phi) is 8.32. The number of carbonyl (C=O) groups excluding carboxylic acids is 1. The van der Waals surface area contributed by atoms with E-state index in [2.05, 4.69) is 12.2 Å². The Labute approximate surface area is 167 Å². The third-order valence-corrected chi connectivity index (χ3v) is 5.84. The average Bonchev–Trinajstić information content (AvgIpc) is 2.66. The molecule has 0 radical (unpaired) electrons. The number of piperidine rings is 1. The number of benzene rings is 1. The lowest BCUT2D eigenvalue weighted by molar-refractivity contribution is -0.117. The first-order valence-electron chi connectivity index (χ1n) is 9.58. The Balaban J connectivity index is 1.94. The van der Waals surface area contributed by atoms with Crippen LogP contribution in [0.2, 0.25) is 0 Å². The molecule has 1 amide bonds. The van der Waals surface area contributed by atoms with Crippen LogP contribution in [0.25, 0.3) is 6.08 Å². The molecule has 0 bridgehead atoms. The minimum Gasteiger partial charge on any atom is -0.493 e. The molecule has 1 aliphatic rings. The van der Waals surface area contributed by atoms with E-state index in [1.165, 1.54) is 16.6 Å². The lowest BCUT2D eigenvalue weighted by atomic mass is 10.1. The molecule has 156 valence electrons. The van der Waals surface area contributed by atoms with E-state index in [4.69, 9.17) is 9.47 Å². The van der Waals surface area contributed by atoms with Crippen LogP contribution in [0.1, 0.15) is 38.2 Å². The van der Waals surface area contributed by atoms with Gasteiger partial charge in [0.05, 0.1) is 20.0 Å². The van der Waals surface area contributed by atoms with Crippen molar-refractivity contribution in [1.82, 2.24) is 9.62 Å². The molecule has 0 saturated carbocycles. The molecule has 1 unspecified atom stereocenters. The molecular weight excluding hydrogens is 380 g/mol. The van der Waals surface area contributed by atoms with Gasteiger partial charge in [-0.15, -0.1) is 0 Å². The number of nitrogens with zero attached hydrogens (tertiary/aromatic N) is 1. The van der Waals surface area contributed by atoms with Crippen molar-refractivity contribution in [2.75, 3.05) is 33.1 Å². The number of sulfonamides is 1. The number of hydrogen-bond acceptors (Lipinski definition) is 5. The molecule has 0 spiro atoms. The van der Waals surface area contributed by atoms with Crippen LogP contribution < -0.4 is 14.8 Å². The standard InChI is InChI=1S/C20H30N2O5S/c1-4-5-13-27-18-10-8-16(14-19(18)26-2)9-11-20(23)21-17-7-6-12-22(15-17)28(3,24)25/h8-11,14,17H,4-7,12-13,15H2,1-3H3,(H,21,23)/b11-9+. The molecule has 0 aromatic heterocycles. The highest BCUT2D eigenvalue weighted by Crippen LogP contribution is 2.28. The maximum absolute atomic E-state index is 12.2. The average molecular weight is 411 g/mol. The Morgan fingerprint density at radius 2 is 2.14 bits per heavy atom. The SMILES string of the molecule is CCCCOc1ccc(/C=C/C(=O)NC2CCCN(S(C)(=O)=O)C2)cc1OC. The van der Waals surface area contributed by atoms with E-state index < -0.39 is 10.0 Å². The molecule has 28 heavy (non-hydrogen) atoms. The Morgan fingerprint density at radius 3 is 2.82 bits per heavy atom. The van der Waals surface area contributed by atoms with Crippen LogP contribution in [0.3, 0.4) is 0 Å². The van der Waals surface area contributed by atoms with Crippen LogP contribution >= 0.6 is 0 Å². The van der Waals surface area contributed by atoms with Crippen molar-refractivity contribution in [2.45, 2.75) is 38.6 Å². The molecule has 8 heteroatoms. The first-order valence-corrected chi connectivity index (χ1v) is 11.4. The number of amides is 1. The van der Waals surface area contributed by atoms with Crippen molar-refractivity contribution in [3.63, 3.8) is 0 Å². The first-order chi connectivity index (χ1) is 13.3. The van der Waals surface area contributed by atoms with Gasteiger partial charge in [0.15, 0.2) is 11.5 Å². The molecule has 1 N–H and O–H groups in total. The van der Waals surface area contributed by atoms with Gasteiger partial charge < -0.3 is 14.8 Å². The zero-order valence-electron chi connectivity index (χ0n) is 16.8. The first kappa shape index (κ1) is 22.2. The van der Waals surface area contributed by atoms with Crippen LogP contribution in [0.15, 0.2) is 24.3 Å². The van der Waals surface area contributed by atoms with E-state index in [0.29, 0.717) is 31.2 Å². The summed E-state index contributed by atoms with van der Waals surface area (Å²) in [7, 11) is -1.65. The molecule has 0 aliphatic carbocycles. The highest BCUT2D eigenvalue weighted by molar-refractivity contribution is 7.88. The van der Waals surface area contributed by atoms with Crippen LogP contribution in [0, 0.1) is 0 Å². The van der Waals surface area contributed by atoms with Crippen molar-refractivity contribution in [3.05, 3.63) is 29.8 Å².